The number of hydrogen-bond acceptors (Lipinski definition) is 5. The molecule has 1 aromatic carbocycles. The number of ether oxygens (including phenoxy) is 3. The minimum Gasteiger partial charge on any atom is -0.493 e. The first kappa shape index (κ1) is 13.4. The minimum absolute atomic E-state index is 0.164. The molecule has 0 bridgehead atoms. The molecule has 0 aliphatic rings. The van der Waals surface area contributed by atoms with Crippen LogP contribution in [0.2, 0.25) is 0 Å². The van der Waals surface area contributed by atoms with Crippen LogP contribution in [0.3, 0.4) is 0 Å². The third-order valence-corrected chi connectivity index (χ3v) is 2.33. The standard InChI is InChI=1S/C12H19NO4/c1-15-10-7-9(13-5-4-6-14)8-11(16-2)12(10)17-3/h7-8,13-14H,4-6H2,1-3H3. The zero-order valence-corrected chi connectivity index (χ0v) is 10.4. The predicted octanol–water partition coefficient (Wildman–Crippen LogP) is 1.51. The molecule has 0 aliphatic heterocycles. The number of hydrogen-bond donors (Lipinski definition) is 2. The van der Waals surface area contributed by atoms with Gasteiger partial charge >= 0.3 is 0 Å². The average molecular weight is 241 g/mol. The van der Waals surface area contributed by atoms with Gasteiger partial charge in [-0.15, -0.1) is 0 Å². The number of anilines is 1. The van der Waals surface area contributed by atoms with E-state index in [-0.39, 0.29) is 6.61 Å². The molecule has 0 atom stereocenters. The monoisotopic (exact) mass is 241 g/mol. The van der Waals surface area contributed by atoms with Crippen molar-refractivity contribution in [3.8, 4) is 17.2 Å². The maximum Gasteiger partial charge on any atom is 0.203 e. The van der Waals surface area contributed by atoms with E-state index >= 15 is 0 Å². The maximum absolute atomic E-state index is 8.72. The number of benzene rings is 1. The van der Waals surface area contributed by atoms with Crippen LogP contribution in [0.4, 0.5) is 5.69 Å². The Bertz CT molecular complexity index is 329. The second kappa shape index (κ2) is 6.85. The third-order valence-electron chi connectivity index (χ3n) is 2.33. The van der Waals surface area contributed by atoms with E-state index < -0.39 is 0 Å². The summed E-state index contributed by atoms with van der Waals surface area (Å²) in [6, 6.07) is 3.66. The van der Waals surface area contributed by atoms with Crippen molar-refractivity contribution in [2.24, 2.45) is 0 Å². The Hall–Kier alpha value is -1.62. The average Bonchev–Trinajstić information content (AvgIpc) is 2.37. The lowest BCUT2D eigenvalue weighted by atomic mass is 10.2. The van der Waals surface area contributed by atoms with Crippen LogP contribution in [-0.4, -0.2) is 39.6 Å². The molecule has 0 aliphatic carbocycles. The Morgan fingerprint density at radius 3 is 2.06 bits per heavy atom. The van der Waals surface area contributed by atoms with Gasteiger partial charge in [0.05, 0.1) is 21.3 Å². The first-order chi connectivity index (χ1) is 8.26. The second-order valence-electron chi connectivity index (χ2n) is 3.42. The lowest BCUT2D eigenvalue weighted by molar-refractivity contribution is 0.292. The molecule has 96 valence electrons. The summed E-state index contributed by atoms with van der Waals surface area (Å²) in [5.74, 6) is 1.79. The second-order valence-corrected chi connectivity index (χ2v) is 3.42. The highest BCUT2D eigenvalue weighted by atomic mass is 16.5. The molecule has 5 heteroatoms. The number of aliphatic hydroxyl groups excluding tert-OH is 1. The summed E-state index contributed by atoms with van der Waals surface area (Å²) in [5.41, 5.74) is 0.868. The van der Waals surface area contributed by atoms with Crippen molar-refractivity contribution in [1.82, 2.24) is 0 Å². The molecule has 1 rings (SSSR count). The molecule has 17 heavy (non-hydrogen) atoms. The molecule has 0 saturated heterocycles. The van der Waals surface area contributed by atoms with Crippen molar-refractivity contribution in [3.63, 3.8) is 0 Å². The lowest BCUT2D eigenvalue weighted by Gasteiger charge is -2.14. The van der Waals surface area contributed by atoms with Crippen molar-refractivity contribution in [2.45, 2.75) is 6.42 Å². The molecule has 2 N–H and O–H groups in total. The van der Waals surface area contributed by atoms with Gasteiger partial charge in [0, 0.05) is 31.0 Å². The highest BCUT2D eigenvalue weighted by Gasteiger charge is 2.12. The van der Waals surface area contributed by atoms with Crippen LogP contribution in [0.1, 0.15) is 6.42 Å². The molecule has 0 saturated carbocycles. The fourth-order valence-electron chi connectivity index (χ4n) is 1.49. The number of rotatable bonds is 7. The Morgan fingerprint density at radius 2 is 1.65 bits per heavy atom. The van der Waals surface area contributed by atoms with E-state index in [9.17, 15) is 0 Å². The summed E-state index contributed by atoms with van der Waals surface area (Å²) in [7, 11) is 4.73. The summed E-state index contributed by atoms with van der Waals surface area (Å²) >= 11 is 0. The number of aliphatic hydroxyl groups is 1. The SMILES string of the molecule is COc1cc(NCCCO)cc(OC)c1OC. The first-order valence-electron chi connectivity index (χ1n) is 5.41. The van der Waals surface area contributed by atoms with E-state index in [0.717, 1.165) is 5.69 Å². The van der Waals surface area contributed by atoms with Crippen LogP contribution in [0.15, 0.2) is 12.1 Å². The van der Waals surface area contributed by atoms with E-state index in [1.54, 1.807) is 21.3 Å². The summed E-state index contributed by atoms with van der Waals surface area (Å²) in [6.45, 7) is 0.854. The van der Waals surface area contributed by atoms with Crippen LogP contribution in [0.25, 0.3) is 0 Å². The summed E-state index contributed by atoms with van der Waals surface area (Å²) < 4.78 is 15.7. The number of methoxy groups -OCH3 is 3. The predicted molar refractivity (Wildman–Crippen MR) is 66.3 cm³/mol. The van der Waals surface area contributed by atoms with Crippen molar-refractivity contribution >= 4 is 5.69 Å². The molecular weight excluding hydrogens is 222 g/mol. The van der Waals surface area contributed by atoms with Gasteiger partial charge in [-0.1, -0.05) is 0 Å². The van der Waals surface area contributed by atoms with E-state index in [0.29, 0.717) is 30.2 Å². The third kappa shape index (κ3) is 3.42. The highest BCUT2D eigenvalue weighted by Crippen LogP contribution is 2.39. The van der Waals surface area contributed by atoms with E-state index in [2.05, 4.69) is 5.32 Å². The van der Waals surface area contributed by atoms with Gasteiger partial charge in [-0.3, -0.25) is 0 Å². The zero-order valence-electron chi connectivity index (χ0n) is 10.4. The highest BCUT2D eigenvalue weighted by molar-refractivity contribution is 5.62. The van der Waals surface area contributed by atoms with Crippen LogP contribution >= 0.6 is 0 Å². The first-order valence-corrected chi connectivity index (χ1v) is 5.41. The molecule has 1 aromatic rings. The van der Waals surface area contributed by atoms with E-state index in [1.807, 2.05) is 12.1 Å². The van der Waals surface area contributed by atoms with Crippen LogP contribution in [-0.2, 0) is 0 Å². The van der Waals surface area contributed by atoms with Crippen LogP contribution in [0, 0.1) is 0 Å². The van der Waals surface area contributed by atoms with E-state index in [1.165, 1.54) is 0 Å². The fraction of sp³-hybridized carbons (Fsp3) is 0.500. The van der Waals surface area contributed by atoms with Gasteiger partial charge < -0.3 is 24.6 Å². The molecule has 0 aromatic heterocycles. The van der Waals surface area contributed by atoms with Crippen molar-refractivity contribution in [1.29, 1.82) is 0 Å². The Morgan fingerprint density at radius 1 is 1.06 bits per heavy atom. The molecule has 0 fully saturated rings. The lowest BCUT2D eigenvalue weighted by Crippen LogP contribution is -2.04. The summed E-state index contributed by atoms with van der Waals surface area (Å²) in [6.07, 6.45) is 0.691. The van der Waals surface area contributed by atoms with Gasteiger partial charge in [0.25, 0.3) is 0 Å². The van der Waals surface area contributed by atoms with E-state index in [4.69, 9.17) is 19.3 Å². The van der Waals surface area contributed by atoms with Crippen molar-refractivity contribution in [3.05, 3.63) is 12.1 Å². The van der Waals surface area contributed by atoms with Gasteiger partial charge in [-0.2, -0.15) is 0 Å². The maximum atomic E-state index is 8.72. The molecule has 5 nitrogen and oxygen atoms in total. The Kier molecular flexibility index (Phi) is 5.42. The Labute approximate surface area is 101 Å². The van der Waals surface area contributed by atoms with Crippen molar-refractivity contribution < 1.29 is 19.3 Å². The molecule has 0 spiro atoms. The van der Waals surface area contributed by atoms with Gasteiger partial charge in [0.2, 0.25) is 5.75 Å². The molecule has 0 amide bonds. The largest absolute Gasteiger partial charge is 0.493 e. The zero-order chi connectivity index (χ0) is 12.7. The molecular formula is C12H19NO4. The summed E-state index contributed by atoms with van der Waals surface area (Å²) in [4.78, 5) is 0. The molecule has 0 radical (unpaired) electrons. The van der Waals surface area contributed by atoms with Crippen LogP contribution in [0.5, 0.6) is 17.2 Å². The normalized spacial score (nSPS) is 9.88. The summed E-state index contributed by atoms with van der Waals surface area (Å²) in [5, 5.41) is 11.9. The van der Waals surface area contributed by atoms with Crippen molar-refractivity contribution in [2.75, 3.05) is 39.8 Å². The quantitative estimate of drug-likeness (QED) is 0.708. The number of nitrogens with one attached hydrogen (secondary N) is 1. The van der Waals surface area contributed by atoms with Crippen LogP contribution < -0.4 is 19.5 Å². The minimum atomic E-state index is 0.164. The smallest absolute Gasteiger partial charge is 0.203 e. The molecule has 0 unspecified atom stereocenters. The van der Waals surface area contributed by atoms with Gasteiger partial charge in [0.15, 0.2) is 11.5 Å². The van der Waals surface area contributed by atoms with Gasteiger partial charge in [0.1, 0.15) is 0 Å². The van der Waals surface area contributed by atoms with Gasteiger partial charge in [-0.05, 0) is 6.42 Å². The van der Waals surface area contributed by atoms with Gasteiger partial charge in [-0.25, -0.2) is 0 Å². The Balaban J connectivity index is 2.92. The fourth-order valence-corrected chi connectivity index (χ4v) is 1.49. The topological polar surface area (TPSA) is 60.0 Å². The molecule has 0 heterocycles.